The van der Waals surface area contributed by atoms with Gasteiger partial charge in [-0.1, -0.05) is 71.1 Å². The number of hydrogen-bond donors (Lipinski definition) is 4. The molecule has 1 unspecified atom stereocenters. The highest BCUT2D eigenvalue weighted by atomic mass is 16.4. The van der Waals surface area contributed by atoms with Crippen molar-refractivity contribution in [2.75, 3.05) is 0 Å². The second kappa shape index (κ2) is 15.6. The Morgan fingerprint density at radius 1 is 0.808 bits per heavy atom. The van der Waals surface area contributed by atoms with Crippen LogP contribution < -0.4 is 5.32 Å². The number of aliphatic hydroxyl groups is 1. The maximum atomic E-state index is 11.8. The molecule has 2 atom stereocenters. The van der Waals surface area contributed by atoms with Gasteiger partial charge in [-0.15, -0.1) is 0 Å². The largest absolute Gasteiger partial charge is 0.481 e. The summed E-state index contributed by atoms with van der Waals surface area (Å²) in [6.45, 7) is 2.21. The number of carboxylic acids is 2. The van der Waals surface area contributed by atoms with E-state index in [1.807, 2.05) is 0 Å². The standard InChI is InChI=1S/C19H35NO6/c1-2-3-4-5-6-7-8-9-10-11-12-13-16(22)20-18(19(25)26)15(21)14-17(23)24/h15,18,21H,2-14H2,1H3,(H,20,22)(H,23,24)(H,25,26)/t15?,18-/m0/s1. The highest BCUT2D eigenvalue weighted by Crippen LogP contribution is 2.12. The first-order valence-corrected chi connectivity index (χ1v) is 9.80. The Kier molecular flexibility index (Phi) is 14.6. The molecule has 0 bridgehead atoms. The van der Waals surface area contributed by atoms with Gasteiger partial charge in [-0.2, -0.15) is 0 Å². The van der Waals surface area contributed by atoms with E-state index in [2.05, 4.69) is 12.2 Å². The van der Waals surface area contributed by atoms with Crippen LogP contribution in [0.15, 0.2) is 0 Å². The van der Waals surface area contributed by atoms with Gasteiger partial charge >= 0.3 is 11.9 Å². The molecule has 0 aliphatic heterocycles. The Morgan fingerprint density at radius 3 is 1.69 bits per heavy atom. The van der Waals surface area contributed by atoms with Crippen molar-refractivity contribution >= 4 is 17.8 Å². The maximum absolute atomic E-state index is 11.8. The summed E-state index contributed by atoms with van der Waals surface area (Å²) in [5.41, 5.74) is 0. The third-order valence-corrected chi connectivity index (χ3v) is 4.36. The molecule has 152 valence electrons. The molecule has 26 heavy (non-hydrogen) atoms. The highest BCUT2D eigenvalue weighted by molar-refractivity contribution is 5.84. The first-order chi connectivity index (χ1) is 12.4. The number of aliphatic hydroxyl groups excluding tert-OH is 1. The molecule has 0 rings (SSSR count). The van der Waals surface area contributed by atoms with Crippen molar-refractivity contribution in [3.05, 3.63) is 0 Å². The first-order valence-electron chi connectivity index (χ1n) is 9.80. The molecule has 0 saturated carbocycles. The van der Waals surface area contributed by atoms with Crippen molar-refractivity contribution in [3.8, 4) is 0 Å². The minimum absolute atomic E-state index is 0.181. The zero-order valence-electron chi connectivity index (χ0n) is 15.9. The van der Waals surface area contributed by atoms with Crippen molar-refractivity contribution in [3.63, 3.8) is 0 Å². The molecule has 0 aromatic heterocycles. The topological polar surface area (TPSA) is 124 Å². The Morgan fingerprint density at radius 2 is 1.27 bits per heavy atom. The smallest absolute Gasteiger partial charge is 0.328 e. The Hall–Kier alpha value is -1.63. The quantitative estimate of drug-likeness (QED) is 0.290. The minimum Gasteiger partial charge on any atom is -0.481 e. The van der Waals surface area contributed by atoms with Crippen LogP contribution in [0.25, 0.3) is 0 Å². The van der Waals surface area contributed by atoms with Gasteiger partial charge in [0.25, 0.3) is 0 Å². The summed E-state index contributed by atoms with van der Waals surface area (Å²) in [4.78, 5) is 33.4. The van der Waals surface area contributed by atoms with Crippen molar-refractivity contribution < 1.29 is 29.7 Å². The van der Waals surface area contributed by atoms with E-state index in [0.29, 0.717) is 6.42 Å². The molecule has 4 N–H and O–H groups in total. The molecule has 0 aliphatic carbocycles. The van der Waals surface area contributed by atoms with E-state index in [0.717, 1.165) is 19.3 Å². The van der Waals surface area contributed by atoms with E-state index in [9.17, 15) is 19.5 Å². The number of aliphatic carboxylic acids is 2. The fourth-order valence-corrected chi connectivity index (χ4v) is 2.81. The van der Waals surface area contributed by atoms with Gasteiger partial charge in [0.1, 0.15) is 0 Å². The molecule has 0 saturated heterocycles. The lowest BCUT2D eigenvalue weighted by Gasteiger charge is -2.19. The summed E-state index contributed by atoms with van der Waals surface area (Å²) in [6.07, 6.45) is 10.5. The Bertz CT molecular complexity index is 413. The molecular formula is C19H35NO6. The Labute approximate surface area is 156 Å². The van der Waals surface area contributed by atoms with E-state index in [4.69, 9.17) is 10.2 Å². The molecule has 0 heterocycles. The molecule has 7 nitrogen and oxygen atoms in total. The maximum Gasteiger partial charge on any atom is 0.328 e. The summed E-state index contributed by atoms with van der Waals surface area (Å²) in [7, 11) is 0. The van der Waals surface area contributed by atoms with Crippen molar-refractivity contribution in [1.82, 2.24) is 5.32 Å². The molecule has 0 aromatic rings. The van der Waals surface area contributed by atoms with Crippen LogP contribution in [0.4, 0.5) is 0 Å². The average molecular weight is 373 g/mol. The van der Waals surface area contributed by atoms with E-state index >= 15 is 0 Å². The van der Waals surface area contributed by atoms with Crippen LogP contribution in [0.3, 0.4) is 0 Å². The normalized spacial score (nSPS) is 13.2. The molecule has 0 radical (unpaired) electrons. The van der Waals surface area contributed by atoms with Gasteiger partial charge in [-0.05, 0) is 6.42 Å². The number of amides is 1. The van der Waals surface area contributed by atoms with E-state index in [1.54, 1.807) is 0 Å². The van der Waals surface area contributed by atoms with Gasteiger partial charge in [0, 0.05) is 6.42 Å². The van der Waals surface area contributed by atoms with Crippen LogP contribution in [0, 0.1) is 0 Å². The van der Waals surface area contributed by atoms with Crippen LogP contribution in [-0.4, -0.2) is 45.3 Å². The molecule has 0 spiro atoms. The zero-order valence-corrected chi connectivity index (χ0v) is 15.9. The van der Waals surface area contributed by atoms with Gasteiger partial charge in [0.15, 0.2) is 6.04 Å². The molecule has 7 heteroatoms. The SMILES string of the molecule is CCCCCCCCCCCCCC(=O)N[C@H](C(=O)O)C(O)CC(=O)O. The van der Waals surface area contributed by atoms with Gasteiger partial charge < -0.3 is 20.6 Å². The van der Waals surface area contributed by atoms with E-state index in [1.165, 1.54) is 44.9 Å². The monoisotopic (exact) mass is 373 g/mol. The lowest BCUT2D eigenvalue weighted by Crippen LogP contribution is -2.49. The second-order valence-corrected chi connectivity index (χ2v) is 6.83. The number of nitrogens with one attached hydrogen (secondary N) is 1. The highest BCUT2D eigenvalue weighted by Gasteiger charge is 2.29. The van der Waals surface area contributed by atoms with Crippen LogP contribution in [0.1, 0.15) is 90.4 Å². The first kappa shape index (κ1) is 24.4. The van der Waals surface area contributed by atoms with Crippen LogP contribution in [0.2, 0.25) is 0 Å². The van der Waals surface area contributed by atoms with Crippen LogP contribution >= 0.6 is 0 Å². The predicted octanol–water partition coefficient (Wildman–Crippen LogP) is 3.09. The zero-order chi connectivity index (χ0) is 19.8. The summed E-state index contributed by atoms with van der Waals surface area (Å²) in [6, 6.07) is -1.59. The van der Waals surface area contributed by atoms with Crippen molar-refractivity contribution in [2.24, 2.45) is 0 Å². The molecule has 0 aromatic carbocycles. The number of unbranched alkanes of at least 4 members (excludes halogenated alkanes) is 10. The molecule has 0 fully saturated rings. The number of rotatable bonds is 17. The van der Waals surface area contributed by atoms with Crippen molar-refractivity contribution in [1.29, 1.82) is 0 Å². The minimum atomic E-state index is -1.65. The number of carbonyl (C=O) groups excluding carboxylic acids is 1. The summed E-state index contributed by atoms with van der Waals surface area (Å²) < 4.78 is 0. The number of hydrogen-bond acceptors (Lipinski definition) is 4. The number of carboxylic acid groups (broad SMARTS) is 2. The molecule has 1 amide bonds. The third kappa shape index (κ3) is 13.6. The second-order valence-electron chi connectivity index (χ2n) is 6.83. The summed E-state index contributed by atoms with van der Waals surface area (Å²) in [5, 5.41) is 29.4. The lowest BCUT2D eigenvalue weighted by atomic mass is 10.0. The summed E-state index contributed by atoms with van der Waals surface area (Å²) in [5.74, 6) is -3.23. The van der Waals surface area contributed by atoms with Gasteiger partial charge in [0.05, 0.1) is 12.5 Å². The van der Waals surface area contributed by atoms with E-state index < -0.39 is 36.4 Å². The predicted molar refractivity (Wildman–Crippen MR) is 98.9 cm³/mol. The Balaban J connectivity index is 3.74. The molecule has 0 aliphatic rings. The average Bonchev–Trinajstić information content (AvgIpc) is 2.56. The van der Waals surface area contributed by atoms with Crippen LogP contribution in [-0.2, 0) is 14.4 Å². The molecular weight excluding hydrogens is 338 g/mol. The lowest BCUT2D eigenvalue weighted by molar-refractivity contribution is -0.147. The third-order valence-electron chi connectivity index (χ3n) is 4.36. The van der Waals surface area contributed by atoms with Crippen molar-refractivity contribution in [2.45, 2.75) is 103 Å². The van der Waals surface area contributed by atoms with Gasteiger partial charge in [-0.25, -0.2) is 4.79 Å². The van der Waals surface area contributed by atoms with E-state index in [-0.39, 0.29) is 6.42 Å². The van der Waals surface area contributed by atoms with Gasteiger partial charge in [-0.3, -0.25) is 9.59 Å². The number of carbonyl (C=O) groups is 3. The fourth-order valence-electron chi connectivity index (χ4n) is 2.81. The van der Waals surface area contributed by atoms with Gasteiger partial charge in [0.2, 0.25) is 5.91 Å². The van der Waals surface area contributed by atoms with Crippen LogP contribution in [0.5, 0.6) is 0 Å². The fraction of sp³-hybridized carbons (Fsp3) is 0.842. The summed E-state index contributed by atoms with van der Waals surface area (Å²) >= 11 is 0.